The third-order valence-corrected chi connectivity index (χ3v) is 6.13. The Balaban J connectivity index is 1.48. The van der Waals surface area contributed by atoms with Crippen LogP contribution in [0.1, 0.15) is 36.8 Å². The van der Waals surface area contributed by atoms with Crippen LogP contribution in [-0.4, -0.2) is 52.0 Å². The summed E-state index contributed by atoms with van der Waals surface area (Å²) in [5.41, 5.74) is 1.18. The third-order valence-electron chi connectivity index (χ3n) is 6.13. The number of aliphatic hydroxyl groups excluding tert-OH is 1. The number of rotatable bonds is 9. The Kier molecular flexibility index (Phi) is 7.03. The number of carbonyl (C=O) groups excluding carboxylic acids is 3. The first-order valence-corrected chi connectivity index (χ1v) is 11.3. The summed E-state index contributed by atoms with van der Waals surface area (Å²) in [4.78, 5) is 39.5. The lowest BCUT2D eigenvalue weighted by Crippen LogP contribution is -2.55. The van der Waals surface area contributed by atoms with Crippen LogP contribution in [0.4, 0.5) is 4.39 Å². The molecule has 1 saturated carbocycles. The van der Waals surface area contributed by atoms with Crippen LogP contribution in [0.25, 0.3) is 0 Å². The summed E-state index contributed by atoms with van der Waals surface area (Å²) in [6, 6.07) is 13.8. The summed E-state index contributed by atoms with van der Waals surface area (Å²) in [5.74, 6) is -1.66. The van der Waals surface area contributed by atoms with E-state index in [0.29, 0.717) is 12.0 Å². The van der Waals surface area contributed by atoms with Gasteiger partial charge in [0.1, 0.15) is 11.9 Å². The summed E-state index contributed by atoms with van der Waals surface area (Å²) < 4.78 is 14.1. The van der Waals surface area contributed by atoms with E-state index in [1.54, 1.807) is 18.2 Å². The quantitative estimate of drug-likeness (QED) is 0.538. The highest BCUT2D eigenvalue weighted by atomic mass is 19.1. The summed E-state index contributed by atoms with van der Waals surface area (Å²) in [6.07, 6.45) is 1.04. The first-order chi connectivity index (χ1) is 15.9. The molecule has 2 aromatic rings. The van der Waals surface area contributed by atoms with Crippen molar-refractivity contribution in [2.24, 2.45) is 0 Å². The minimum atomic E-state index is -1.44. The Labute approximate surface area is 192 Å². The van der Waals surface area contributed by atoms with Crippen LogP contribution < -0.4 is 10.6 Å². The molecule has 0 spiro atoms. The van der Waals surface area contributed by atoms with Crippen molar-refractivity contribution in [2.75, 3.05) is 0 Å². The molecule has 1 heterocycles. The van der Waals surface area contributed by atoms with Crippen molar-refractivity contribution >= 4 is 17.7 Å². The maximum Gasteiger partial charge on any atom is 0.251 e. The second-order valence-corrected chi connectivity index (χ2v) is 8.70. The third kappa shape index (κ3) is 5.76. The zero-order valence-corrected chi connectivity index (χ0v) is 18.2. The highest BCUT2D eigenvalue weighted by Gasteiger charge is 2.39. The van der Waals surface area contributed by atoms with Gasteiger partial charge in [-0.05, 0) is 37.3 Å². The van der Waals surface area contributed by atoms with Gasteiger partial charge in [0.15, 0.2) is 6.10 Å². The zero-order chi connectivity index (χ0) is 23.4. The molecule has 3 amide bonds. The van der Waals surface area contributed by atoms with Gasteiger partial charge in [-0.1, -0.05) is 48.5 Å². The van der Waals surface area contributed by atoms with Gasteiger partial charge >= 0.3 is 0 Å². The normalized spacial score (nSPS) is 19.8. The molecular weight excluding hydrogens is 425 g/mol. The lowest BCUT2D eigenvalue weighted by atomic mass is 9.99. The van der Waals surface area contributed by atoms with Crippen LogP contribution in [0.5, 0.6) is 0 Å². The topological polar surface area (TPSA) is 98.7 Å². The van der Waals surface area contributed by atoms with Gasteiger partial charge in [0, 0.05) is 24.6 Å². The summed E-state index contributed by atoms with van der Waals surface area (Å²) in [5, 5.41) is 16.3. The van der Waals surface area contributed by atoms with Crippen molar-refractivity contribution in [3.8, 4) is 0 Å². The number of amides is 3. The molecule has 7 nitrogen and oxygen atoms in total. The van der Waals surface area contributed by atoms with Gasteiger partial charge in [-0.15, -0.1) is 0 Å². The largest absolute Gasteiger partial charge is 0.381 e. The van der Waals surface area contributed by atoms with Crippen LogP contribution in [0.15, 0.2) is 54.6 Å². The van der Waals surface area contributed by atoms with Crippen molar-refractivity contribution in [1.29, 1.82) is 0 Å². The minimum Gasteiger partial charge on any atom is -0.381 e. The molecule has 3 N–H and O–H groups in total. The first-order valence-electron chi connectivity index (χ1n) is 11.3. The van der Waals surface area contributed by atoms with Crippen LogP contribution in [-0.2, 0) is 27.3 Å². The first kappa shape index (κ1) is 22.9. The van der Waals surface area contributed by atoms with Crippen LogP contribution in [0.3, 0.4) is 0 Å². The molecule has 2 unspecified atom stereocenters. The van der Waals surface area contributed by atoms with Gasteiger partial charge in [-0.2, -0.15) is 0 Å². The SMILES string of the molecule is O=C(NC1CC1)C(O)C(Cc1ccccc1)NC(=O)[C@H]1CCC(=O)N1Cc1ccccc1F. The zero-order valence-electron chi connectivity index (χ0n) is 18.2. The van der Waals surface area contributed by atoms with E-state index in [-0.39, 0.29) is 31.3 Å². The maximum atomic E-state index is 14.1. The summed E-state index contributed by atoms with van der Waals surface area (Å²) in [6.45, 7) is -0.0162. The van der Waals surface area contributed by atoms with Gasteiger partial charge in [0.25, 0.3) is 5.91 Å². The predicted molar refractivity (Wildman–Crippen MR) is 119 cm³/mol. The van der Waals surface area contributed by atoms with Crippen molar-refractivity contribution < 1.29 is 23.9 Å². The second-order valence-electron chi connectivity index (χ2n) is 8.70. The van der Waals surface area contributed by atoms with Gasteiger partial charge in [0.2, 0.25) is 11.8 Å². The van der Waals surface area contributed by atoms with Crippen molar-refractivity contribution in [3.63, 3.8) is 0 Å². The summed E-state index contributed by atoms with van der Waals surface area (Å²) in [7, 11) is 0. The molecule has 8 heteroatoms. The van der Waals surface area contributed by atoms with Crippen LogP contribution >= 0.6 is 0 Å². The Morgan fingerprint density at radius 1 is 1.06 bits per heavy atom. The Morgan fingerprint density at radius 2 is 1.76 bits per heavy atom. The highest BCUT2D eigenvalue weighted by Crippen LogP contribution is 2.23. The molecular formula is C25H28FN3O4. The van der Waals surface area contributed by atoms with Crippen molar-refractivity contribution in [1.82, 2.24) is 15.5 Å². The molecule has 0 aromatic heterocycles. The van der Waals surface area contributed by atoms with E-state index in [2.05, 4.69) is 10.6 Å². The molecule has 2 fully saturated rings. The van der Waals surface area contributed by atoms with Gasteiger partial charge in [-0.25, -0.2) is 4.39 Å². The molecule has 0 radical (unpaired) electrons. The van der Waals surface area contributed by atoms with Gasteiger partial charge in [0.05, 0.1) is 6.04 Å². The number of hydrogen-bond donors (Lipinski definition) is 3. The number of nitrogens with one attached hydrogen (secondary N) is 2. The van der Waals surface area contributed by atoms with Gasteiger partial charge in [-0.3, -0.25) is 14.4 Å². The van der Waals surface area contributed by atoms with E-state index in [0.717, 1.165) is 18.4 Å². The number of hydrogen-bond acceptors (Lipinski definition) is 4. The fourth-order valence-corrected chi connectivity index (χ4v) is 4.10. The van der Waals surface area contributed by atoms with Crippen LogP contribution in [0, 0.1) is 5.82 Å². The number of halogens is 1. The molecule has 1 saturated heterocycles. The average molecular weight is 454 g/mol. The second kappa shape index (κ2) is 10.1. The lowest BCUT2D eigenvalue weighted by molar-refractivity contribution is -0.138. The minimum absolute atomic E-state index is 0.0162. The monoisotopic (exact) mass is 453 g/mol. The fourth-order valence-electron chi connectivity index (χ4n) is 4.10. The molecule has 174 valence electrons. The fraction of sp³-hybridized carbons (Fsp3) is 0.400. The standard InChI is InChI=1S/C25H28FN3O4/c26-19-9-5-4-8-17(19)15-29-21(12-13-22(29)30)24(32)28-20(14-16-6-2-1-3-7-16)23(31)25(33)27-18-10-11-18/h1-9,18,20-21,23,31H,10-15H2,(H,27,33)(H,28,32)/t20?,21-,23?/m1/s1. The number of benzene rings is 2. The maximum absolute atomic E-state index is 14.1. The van der Waals surface area contributed by atoms with Crippen molar-refractivity contribution in [3.05, 3.63) is 71.5 Å². The van der Waals surface area contributed by atoms with Crippen molar-refractivity contribution in [2.45, 2.75) is 62.9 Å². The summed E-state index contributed by atoms with van der Waals surface area (Å²) >= 11 is 0. The highest BCUT2D eigenvalue weighted by molar-refractivity contribution is 5.91. The van der Waals surface area contributed by atoms with E-state index in [1.165, 1.54) is 11.0 Å². The van der Waals surface area contributed by atoms with E-state index in [1.807, 2.05) is 30.3 Å². The number of likely N-dealkylation sites (tertiary alicyclic amines) is 1. The Bertz CT molecular complexity index is 1010. The Hall–Kier alpha value is -3.26. The van der Waals surface area contributed by atoms with Gasteiger partial charge < -0.3 is 20.6 Å². The molecule has 1 aliphatic carbocycles. The van der Waals surface area contributed by atoms with Crippen LogP contribution in [0.2, 0.25) is 0 Å². The Morgan fingerprint density at radius 3 is 2.45 bits per heavy atom. The number of nitrogens with zero attached hydrogens (tertiary/aromatic N) is 1. The molecule has 1 aliphatic heterocycles. The molecule has 4 rings (SSSR count). The molecule has 33 heavy (non-hydrogen) atoms. The van der Waals surface area contributed by atoms with E-state index >= 15 is 0 Å². The lowest BCUT2D eigenvalue weighted by Gasteiger charge is -2.29. The number of carbonyl (C=O) groups is 3. The molecule has 2 aliphatic rings. The van der Waals surface area contributed by atoms with E-state index in [9.17, 15) is 23.9 Å². The van der Waals surface area contributed by atoms with E-state index in [4.69, 9.17) is 0 Å². The average Bonchev–Trinajstić information content (AvgIpc) is 3.55. The smallest absolute Gasteiger partial charge is 0.251 e. The molecule has 2 aromatic carbocycles. The molecule has 3 atom stereocenters. The molecule has 0 bridgehead atoms. The van der Waals surface area contributed by atoms with E-state index < -0.39 is 35.8 Å². The number of aliphatic hydroxyl groups is 1. The predicted octanol–water partition coefficient (Wildman–Crippen LogP) is 1.68.